The van der Waals surface area contributed by atoms with Crippen LogP contribution < -0.4 is 5.32 Å². The zero-order valence-electron chi connectivity index (χ0n) is 13.2. The van der Waals surface area contributed by atoms with Gasteiger partial charge in [-0.2, -0.15) is 0 Å². The molecule has 1 N–H and O–H groups in total. The Balaban J connectivity index is 1.49. The highest BCUT2D eigenvalue weighted by atomic mass is 32.1. The lowest BCUT2D eigenvalue weighted by atomic mass is 9.79. The molecule has 3 nitrogen and oxygen atoms in total. The maximum atomic E-state index is 4.65. The Morgan fingerprint density at radius 3 is 2.59 bits per heavy atom. The van der Waals surface area contributed by atoms with Crippen LogP contribution in [0.2, 0.25) is 0 Å². The van der Waals surface area contributed by atoms with Crippen LogP contribution in [0.4, 0.5) is 5.82 Å². The average molecular weight is 313 g/mol. The quantitative estimate of drug-likeness (QED) is 0.928. The summed E-state index contributed by atoms with van der Waals surface area (Å²) in [4.78, 5) is 9.91. The number of thiophene rings is 1. The third-order valence-electron chi connectivity index (χ3n) is 5.28. The Morgan fingerprint density at radius 1 is 1.18 bits per heavy atom. The first-order valence-corrected chi connectivity index (χ1v) is 9.06. The van der Waals surface area contributed by atoms with E-state index in [0.717, 1.165) is 11.7 Å². The number of nitrogens with one attached hydrogen (secondary N) is 1. The van der Waals surface area contributed by atoms with Crippen molar-refractivity contribution in [2.75, 3.05) is 18.4 Å². The van der Waals surface area contributed by atoms with Gasteiger partial charge in [0, 0.05) is 33.6 Å². The molecule has 0 spiro atoms. The lowest BCUT2D eigenvalue weighted by Crippen LogP contribution is -2.59. The number of aryl methyl sites for hydroxylation is 1. The van der Waals surface area contributed by atoms with Crippen LogP contribution in [0.15, 0.2) is 30.5 Å². The summed E-state index contributed by atoms with van der Waals surface area (Å²) in [5.74, 6) is 1.82. The predicted molar refractivity (Wildman–Crippen MR) is 93.5 cm³/mol. The number of hydrogen-bond acceptors (Lipinski definition) is 4. The summed E-state index contributed by atoms with van der Waals surface area (Å²) < 4.78 is 0. The van der Waals surface area contributed by atoms with E-state index in [0.29, 0.717) is 12.1 Å². The Morgan fingerprint density at radius 2 is 2.00 bits per heavy atom. The van der Waals surface area contributed by atoms with Gasteiger partial charge in [-0.1, -0.05) is 0 Å². The van der Waals surface area contributed by atoms with Gasteiger partial charge in [-0.15, -0.1) is 11.3 Å². The van der Waals surface area contributed by atoms with Gasteiger partial charge < -0.3 is 5.32 Å². The van der Waals surface area contributed by atoms with E-state index in [1.54, 1.807) is 0 Å². The van der Waals surface area contributed by atoms with E-state index in [-0.39, 0.29) is 0 Å². The SMILES string of the molecule is Cc1ccc(-c2ccc(N[C@H]3C4CCN(CC4)[C@@H]3C)nc2)s1. The summed E-state index contributed by atoms with van der Waals surface area (Å²) in [5, 5.41) is 3.70. The highest BCUT2D eigenvalue weighted by Gasteiger charge is 2.39. The number of hydrogen-bond donors (Lipinski definition) is 1. The van der Waals surface area contributed by atoms with Crippen LogP contribution in [-0.2, 0) is 0 Å². The number of anilines is 1. The van der Waals surface area contributed by atoms with Gasteiger partial charge in [0.25, 0.3) is 0 Å². The first-order chi connectivity index (χ1) is 10.7. The van der Waals surface area contributed by atoms with Crippen molar-refractivity contribution < 1.29 is 0 Å². The summed E-state index contributed by atoms with van der Waals surface area (Å²) in [6.45, 7) is 7.04. The molecule has 0 amide bonds. The third-order valence-corrected chi connectivity index (χ3v) is 6.33. The van der Waals surface area contributed by atoms with Gasteiger partial charge in [-0.3, -0.25) is 4.90 Å². The Labute approximate surface area is 136 Å². The zero-order valence-corrected chi connectivity index (χ0v) is 14.1. The molecule has 3 saturated heterocycles. The van der Waals surface area contributed by atoms with Crippen LogP contribution >= 0.6 is 11.3 Å². The van der Waals surface area contributed by atoms with Gasteiger partial charge in [-0.25, -0.2) is 4.98 Å². The van der Waals surface area contributed by atoms with Crippen molar-refractivity contribution in [3.8, 4) is 10.4 Å². The zero-order chi connectivity index (χ0) is 15.1. The number of rotatable bonds is 3. The molecule has 5 heterocycles. The normalized spacial score (nSPS) is 30.5. The van der Waals surface area contributed by atoms with Crippen molar-refractivity contribution in [3.05, 3.63) is 35.3 Å². The van der Waals surface area contributed by atoms with Crippen LogP contribution in [0.3, 0.4) is 0 Å². The molecule has 3 aliphatic rings. The molecule has 3 aliphatic heterocycles. The van der Waals surface area contributed by atoms with Crippen LogP contribution in [-0.4, -0.2) is 35.1 Å². The molecule has 2 aromatic heterocycles. The molecule has 0 saturated carbocycles. The molecular formula is C18H23N3S. The van der Waals surface area contributed by atoms with E-state index >= 15 is 0 Å². The van der Waals surface area contributed by atoms with Crippen molar-refractivity contribution in [2.45, 2.75) is 38.8 Å². The standard InChI is InChI=1S/C18H23N3S/c1-12-3-5-16(22-12)15-4-6-17(19-11-15)20-18-13(2)21-9-7-14(18)8-10-21/h3-6,11,13-14,18H,7-10H2,1-2H3,(H,19,20)/t13-,18-/m1/s1. The van der Waals surface area contributed by atoms with E-state index in [4.69, 9.17) is 0 Å². The number of aromatic nitrogens is 1. The molecule has 0 unspecified atom stereocenters. The first-order valence-electron chi connectivity index (χ1n) is 8.24. The van der Waals surface area contributed by atoms with Gasteiger partial charge in [0.05, 0.1) is 0 Å². The monoisotopic (exact) mass is 313 g/mol. The molecule has 0 radical (unpaired) electrons. The summed E-state index contributed by atoms with van der Waals surface area (Å²) in [6, 6.07) is 9.83. The molecule has 116 valence electrons. The van der Waals surface area contributed by atoms with Crippen molar-refractivity contribution in [1.29, 1.82) is 0 Å². The number of piperidine rings is 3. The van der Waals surface area contributed by atoms with E-state index < -0.39 is 0 Å². The number of nitrogens with zero attached hydrogens (tertiary/aromatic N) is 2. The van der Waals surface area contributed by atoms with Gasteiger partial charge in [0.15, 0.2) is 0 Å². The van der Waals surface area contributed by atoms with Crippen molar-refractivity contribution in [2.24, 2.45) is 5.92 Å². The molecule has 22 heavy (non-hydrogen) atoms. The molecule has 0 aromatic carbocycles. The minimum absolute atomic E-state index is 0.546. The van der Waals surface area contributed by atoms with E-state index in [9.17, 15) is 0 Å². The fourth-order valence-electron chi connectivity index (χ4n) is 3.93. The van der Waals surface area contributed by atoms with Crippen LogP contribution in [0.1, 0.15) is 24.6 Å². The van der Waals surface area contributed by atoms with Crippen molar-refractivity contribution in [1.82, 2.24) is 9.88 Å². The molecule has 4 heteroatoms. The number of fused-ring (bicyclic) bond motifs is 3. The topological polar surface area (TPSA) is 28.2 Å². The minimum atomic E-state index is 0.546. The molecule has 0 aliphatic carbocycles. The molecule has 3 fully saturated rings. The lowest BCUT2D eigenvalue weighted by molar-refractivity contribution is 0.0457. The van der Waals surface area contributed by atoms with Crippen molar-refractivity contribution in [3.63, 3.8) is 0 Å². The molecule has 5 rings (SSSR count). The second kappa shape index (κ2) is 5.67. The Hall–Kier alpha value is -1.39. The minimum Gasteiger partial charge on any atom is -0.365 e. The predicted octanol–water partition coefficient (Wildman–Crippen LogP) is 4.01. The molecular weight excluding hydrogens is 290 g/mol. The van der Waals surface area contributed by atoms with Gasteiger partial charge in [-0.05, 0) is 70.0 Å². The summed E-state index contributed by atoms with van der Waals surface area (Å²) in [5.41, 5.74) is 1.21. The summed E-state index contributed by atoms with van der Waals surface area (Å²) in [7, 11) is 0. The summed E-state index contributed by atoms with van der Waals surface area (Å²) in [6.07, 6.45) is 4.66. The van der Waals surface area contributed by atoms with Crippen molar-refractivity contribution >= 4 is 17.2 Å². The highest BCUT2D eigenvalue weighted by molar-refractivity contribution is 7.15. The molecule has 2 aromatic rings. The maximum Gasteiger partial charge on any atom is 0.126 e. The first kappa shape index (κ1) is 14.2. The largest absolute Gasteiger partial charge is 0.365 e. The summed E-state index contributed by atoms with van der Waals surface area (Å²) >= 11 is 1.83. The maximum absolute atomic E-state index is 4.65. The van der Waals surface area contributed by atoms with Crippen LogP contribution in [0.25, 0.3) is 10.4 Å². The third kappa shape index (κ3) is 2.55. The van der Waals surface area contributed by atoms with Gasteiger partial charge in [0.2, 0.25) is 0 Å². The Bertz CT molecular complexity index is 639. The van der Waals surface area contributed by atoms with Crippen LogP contribution in [0, 0.1) is 12.8 Å². The van der Waals surface area contributed by atoms with E-state index in [1.807, 2.05) is 17.5 Å². The smallest absolute Gasteiger partial charge is 0.126 e. The lowest BCUT2D eigenvalue weighted by Gasteiger charge is -2.50. The fraction of sp³-hybridized carbons (Fsp3) is 0.500. The fourth-order valence-corrected chi connectivity index (χ4v) is 4.79. The molecule has 2 bridgehead atoms. The van der Waals surface area contributed by atoms with Gasteiger partial charge >= 0.3 is 0 Å². The number of pyridine rings is 1. The Kier molecular flexibility index (Phi) is 3.66. The molecule has 2 atom stereocenters. The van der Waals surface area contributed by atoms with Gasteiger partial charge in [0.1, 0.15) is 5.82 Å². The second-order valence-electron chi connectivity index (χ2n) is 6.63. The van der Waals surface area contributed by atoms with E-state index in [2.05, 4.69) is 53.3 Å². The highest BCUT2D eigenvalue weighted by Crippen LogP contribution is 2.34. The average Bonchev–Trinajstić information content (AvgIpc) is 2.98. The van der Waals surface area contributed by atoms with E-state index in [1.165, 1.54) is 41.2 Å². The van der Waals surface area contributed by atoms with Crippen LogP contribution in [0.5, 0.6) is 0 Å². The second-order valence-corrected chi connectivity index (χ2v) is 7.91.